The summed E-state index contributed by atoms with van der Waals surface area (Å²) >= 11 is 5.84. The number of rotatable bonds is 8. The van der Waals surface area contributed by atoms with Gasteiger partial charge in [0, 0.05) is 5.02 Å². The van der Waals surface area contributed by atoms with Gasteiger partial charge in [0.25, 0.3) is 6.10 Å². The van der Waals surface area contributed by atoms with E-state index in [-0.39, 0.29) is 18.8 Å². The van der Waals surface area contributed by atoms with Crippen LogP contribution in [0.3, 0.4) is 0 Å². The third-order valence-electron chi connectivity index (χ3n) is 3.01. The predicted molar refractivity (Wildman–Crippen MR) is 108 cm³/mol. The molecule has 152 valence electrons. The highest BCUT2D eigenvalue weighted by molar-refractivity contribution is 6.30. The van der Waals surface area contributed by atoms with E-state index in [2.05, 4.69) is 16.0 Å². The summed E-state index contributed by atoms with van der Waals surface area (Å²) in [6, 6.07) is 6.81. The van der Waals surface area contributed by atoms with Crippen molar-refractivity contribution in [2.24, 2.45) is 10.1 Å². The molecule has 8 heteroatoms. The van der Waals surface area contributed by atoms with Gasteiger partial charge in [0.2, 0.25) is 0 Å². The molecule has 0 fully saturated rings. The molecule has 0 aliphatic carbocycles. The van der Waals surface area contributed by atoms with E-state index in [1.54, 1.807) is 38.1 Å². The van der Waals surface area contributed by atoms with Crippen molar-refractivity contribution in [1.29, 1.82) is 0 Å². The Balaban J connectivity index is 3.22. The van der Waals surface area contributed by atoms with E-state index in [0.29, 0.717) is 10.6 Å². The van der Waals surface area contributed by atoms with E-state index in [1.807, 2.05) is 20.8 Å². The average molecular weight is 409 g/mol. The minimum atomic E-state index is -1.46. The Hall–Kier alpha value is -2.63. The van der Waals surface area contributed by atoms with Crippen molar-refractivity contribution in [3.63, 3.8) is 0 Å². The molecule has 0 heterocycles. The second-order valence-corrected chi connectivity index (χ2v) is 6.99. The molecule has 1 aromatic rings. The highest BCUT2D eigenvalue weighted by Crippen LogP contribution is 2.13. The van der Waals surface area contributed by atoms with Gasteiger partial charge < -0.3 is 14.3 Å². The number of nitrogens with zero attached hydrogens (tertiary/aromatic N) is 2. The van der Waals surface area contributed by atoms with E-state index in [9.17, 15) is 9.59 Å². The molecular weight excluding hydrogens is 384 g/mol. The Labute approximate surface area is 170 Å². The first kappa shape index (κ1) is 23.4. The van der Waals surface area contributed by atoms with Gasteiger partial charge in [0.15, 0.2) is 5.57 Å². The molecule has 1 aromatic carbocycles. The van der Waals surface area contributed by atoms with Crippen LogP contribution in [0.5, 0.6) is 0 Å². The standard InChI is InChI=1S/C20H25ClN2O5/c1-6-26-18(24)16(13-22-20(3,4)5)17(19(25)27-7-2)28-23-12-14-8-10-15(21)11-9-14/h8-12,17H,6-7H2,1-5H3/b23-12+. The number of hydrogen-bond acceptors (Lipinski definition) is 7. The van der Waals surface area contributed by atoms with Crippen LogP contribution >= 0.6 is 11.6 Å². The minimum absolute atomic E-state index is 0.103. The lowest BCUT2D eigenvalue weighted by molar-refractivity contribution is -0.157. The summed E-state index contributed by atoms with van der Waals surface area (Å²) in [4.78, 5) is 34.1. The Morgan fingerprint density at radius 3 is 2.29 bits per heavy atom. The van der Waals surface area contributed by atoms with Crippen LogP contribution in [0.4, 0.5) is 0 Å². The summed E-state index contributed by atoms with van der Waals surface area (Å²) in [6.07, 6.45) is -0.0830. The van der Waals surface area contributed by atoms with Gasteiger partial charge in [-0.05, 0) is 58.2 Å². The number of carbonyl (C=O) groups is 2. The van der Waals surface area contributed by atoms with Crippen molar-refractivity contribution in [2.75, 3.05) is 13.2 Å². The number of halogens is 1. The van der Waals surface area contributed by atoms with Gasteiger partial charge in [-0.15, -0.1) is 0 Å². The van der Waals surface area contributed by atoms with Gasteiger partial charge in [-0.1, -0.05) is 28.9 Å². The van der Waals surface area contributed by atoms with Crippen LogP contribution in [-0.2, 0) is 23.9 Å². The summed E-state index contributed by atoms with van der Waals surface area (Å²) in [6.45, 7) is 8.97. The summed E-state index contributed by atoms with van der Waals surface area (Å²) in [5.41, 5.74) is -0.0516. The number of oxime groups is 1. The maximum atomic E-state index is 12.4. The number of aliphatic imine (C=N–C) groups is 1. The average Bonchev–Trinajstić information content (AvgIpc) is 2.61. The van der Waals surface area contributed by atoms with Gasteiger partial charge in [-0.2, -0.15) is 0 Å². The predicted octanol–water partition coefficient (Wildman–Crippen LogP) is 3.58. The van der Waals surface area contributed by atoms with E-state index in [1.165, 1.54) is 6.21 Å². The zero-order valence-electron chi connectivity index (χ0n) is 16.7. The molecule has 0 N–H and O–H groups in total. The smallest absolute Gasteiger partial charge is 0.356 e. The first-order chi connectivity index (χ1) is 13.2. The largest absolute Gasteiger partial charge is 0.463 e. The number of ether oxygens (including phenoxy) is 2. The SMILES string of the molecule is CCOC(=O)C(=C=NC(C)(C)C)C(O/N=C/c1ccc(Cl)cc1)C(=O)OCC. The van der Waals surface area contributed by atoms with Crippen LogP contribution in [0.1, 0.15) is 40.2 Å². The molecular formula is C20H25ClN2O5. The highest BCUT2D eigenvalue weighted by atomic mass is 35.5. The van der Waals surface area contributed by atoms with Crippen molar-refractivity contribution in [3.05, 3.63) is 40.4 Å². The van der Waals surface area contributed by atoms with Crippen molar-refractivity contribution in [2.45, 2.75) is 46.3 Å². The van der Waals surface area contributed by atoms with Crippen molar-refractivity contribution >= 4 is 35.6 Å². The second kappa shape index (κ2) is 11.3. The summed E-state index contributed by atoms with van der Waals surface area (Å²) < 4.78 is 10.0. The van der Waals surface area contributed by atoms with Crippen LogP contribution in [0, 0.1) is 0 Å². The number of carbonyl (C=O) groups excluding carboxylic acids is 2. The zero-order valence-corrected chi connectivity index (χ0v) is 17.4. The topological polar surface area (TPSA) is 86.5 Å². The molecule has 0 aromatic heterocycles. The van der Waals surface area contributed by atoms with Crippen LogP contribution < -0.4 is 0 Å². The lowest BCUT2D eigenvalue weighted by atomic mass is 10.1. The minimum Gasteiger partial charge on any atom is -0.463 e. The molecule has 0 saturated carbocycles. The molecule has 0 spiro atoms. The molecule has 0 saturated heterocycles. The van der Waals surface area contributed by atoms with Gasteiger partial charge in [-0.3, -0.25) is 0 Å². The van der Waals surface area contributed by atoms with E-state index >= 15 is 0 Å². The lowest BCUT2D eigenvalue weighted by Gasteiger charge is -2.15. The maximum absolute atomic E-state index is 12.4. The van der Waals surface area contributed by atoms with Gasteiger partial charge in [-0.25, -0.2) is 14.6 Å². The number of hydrogen-bond donors (Lipinski definition) is 0. The molecule has 1 rings (SSSR count). The Morgan fingerprint density at radius 1 is 1.14 bits per heavy atom. The van der Waals surface area contributed by atoms with Crippen molar-refractivity contribution < 1.29 is 23.9 Å². The quantitative estimate of drug-likeness (QED) is 0.284. The molecule has 1 unspecified atom stereocenters. The molecule has 0 amide bonds. The third kappa shape index (κ3) is 8.37. The summed E-state index contributed by atoms with van der Waals surface area (Å²) in [5, 5.41) is 4.38. The second-order valence-electron chi connectivity index (χ2n) is 6.55. The molecule has 28 heavy (non-hydrogen) atoms. The first-order valence-corrected chi connectivity index (χ1v) is 9.19. The summed E-state index contributed by atoms with van der Waals surface area (Å²) in [7, 11) is 0. The van der Waals surface area contributed by atoms with Gasteiger partial charge in [0.05, 0.1) is 25.0 Å². The first-order valence-electron chi connectivity index (χ1n) is 8.81. The molecule has 1 atom stereocenters. The Bertz CT molecular complexity index is 760. The lowest BCUT2D eigenvalue weighted by Crippen LogP contribution is -2.32. The fourth-order valence-corrected chi connectivity index (χ4v) is 1.91. The zero-order chi connectivity index (χ0) is 21.2. The number of benzene rings is 1. The fraction of sp³-hybridized carbons (Fsp3) is 0.450. The van der Waals surface area contributed by atoms with Crippen LogP contribution in [0.15, 0.2) is 40.0 Å². The fourth-order valence-electron chi connectivity index (χ4n) is 1.78. The van der Waals surface area contributed by atoms with Crippen molar-refractivity contribution in [3.8, 4) is 0 Å². The van der Waals surface area contributed by atoms with Gasteiger partial charge >= 0.3 is 11.9 Å². The molecule has 0 bridgehead atoms. The van der Waals surface area contributed by atoms with Gasteiger partial charge in [0.1, 0.15) is 0 Å². The maximum Gasteiger partial charge on any atom is 0.356 e. The van der Waals surface area contributed by atoms with Crippen LogP contribution in [0.2, 0.25) is 5.02 Å². The molecule has 7 nitrogen and oxygen atoms in total. The molecule has 0 aliphatic rings. The van der Waals surface area contributed by atoms with E-state index in [4.69, 9.17) is 25.9 Å². The Morgan fingerprint density at radius 2 is 1.75 bits per heavy atom. The number of esters is 2. The normalized spacial score (nSPS) is 12.1. The Kier molecular flexibility index (Phi) is 9.42. The van der Waals surface area contributed by atoms with Crippen molar-refractivity contribution in [1.82, 2.24) is 0 Å². The van der Waals surface area contributed by atoms with Crippen LogP contribution in [-0.4, -0.2) is 48.9 Å². The third-order valence-corrected chi connectivity index (χ3v) is 3.26. The summed E-state index contributed by atoms with van der Waals surface area (Å²) in [5.74, 6) is 1.01. The van der Waals surface area contributed by atoms with E-state index in [0.717, 1.165) is 0 Å². The monoisotopic (exact) mass is 408 g/mol. The van der Waals surface area contributed by atoms with E-state index < -0.39 is 23.6 Å². The molecule has 0 radical (unpaired) electrons. The van der Waals surface area contributed by atoms with Crippen LogP contribution in [0.25, 0.3) is 0 Å². The molecule has 0 aliphatic heterocycles. The highest BCUT2D eigenvalue weighted by Gasteiger charge is 2.33.